The second kappa shape index (κ2) is 12.0. The normalized spacial score (nSPS) is 12.2. The Balaban J connectivity index is 2.12. The molecule has 1 atom stereocenters. The Morgan fingerprint density at radius 3 is 2.12 bits per heavy atom. The lowest BCUT2D eigenvalue weighted by Crippen LogP contribution is -2.46. The number of nitrogens with zero attached hydrogens (tertiary/aromatic N) is 2. The molecule has 0 saturated carbocycles. The fourth-order valence-corrected chi connectivity index (χ4v) is 4.57. The topological polar surface area (TPSA) is 86.8 Å². The summed E-state index contributed by atoms with van der Waals surface area (Å²) in [6.45, 7) is 4.12. The molecule has 0 bridgehead atoms. The minimum absolute atomic E-state index is 0.105. The van der Waals surface area contributed by atoms with Crippen LogP contribution < -0.4 is 9.62 Å². The second-order valence-electron chi connectivity index (χ2n) is 7.90. The zero-order valence-electron chi connectivity index (χ0n) is 19.5. The van der Waals surface area contributed by atoms with E-state index in [1.807, 2.05) is 31.2 Å². The zero-order valence-corrected chi connectivity index (χ0v) is 21.1. The van der Waals surface area contributed by atoms with Gasteiger partial charge in [-0.25, -0.2) is 8.42 Å². The fraction of sp³-hybridized carbons (Fsp3) is 0.417. The Hall–Kier alpha value is -2.58. The summed E-state index contributed by atoms with van der Waals surface area (Å²) >= 11 is 5.95. The van der Waals surface area contributed by atoms with E-state index >= 15 is 0 Å². The Labute approximate surface area is 201 Å². The summed E-state index contributed by atoms with van der Waals surface area (Å²) in [6, 6.07) is 13.8. The minimum atomic E-state index is -3.51. The molecule has 1 unspecified atom stereocenters. The van der Waals surface area contributed by atoms with Crippen molar-refractivity contribution >= 4 is 39.1 Å². The highest BCUT2D eigenvalue weighted by Crippen LogP contribution is 2.20. The van der Waals surface area contributed by atoms with E-state index < -0.39 is 16.1 Å². The Bertz CT molecular complexity index is 1040. The van der Waals surface area contributed by atoms with Crippen LogP contribution in [0.3, 0.4) is 0 Å². The molecule has 0 aromatic heterocycles. The van der Waals surface area contributed by atoms with Crippen LogP contribution in [-0.2, 0) is 32.6 Å². The Morgan fingerprint density at radius 2 is 1.61 bits per heavy atom. The van der Waals surface area contributed by atoms with Crippen molar-refractivity contribution in [3.8, 4) is 0 Å². The number of amides is 2. The standard InChI is InChI=1S/C24H32ClN3O4S/c1-5-19-10-14-22(15-11-19)28(33(4,31)32)16-6-7-23(29)27(18(2)24(30)26-3)17-20-8-12-21(25)13-9-20/h8-15,18H,5-7,16-17H2,1-4H3,(H,26,30). The highest BCUT2D eigenvalue weighted by molar-refractivity contribution is 7.92. The van der Waals surface area contributed by atoms with Crippen molar-refractivity contribution in [1.29, 1.82) is 0 Å². The van der Waals surface area contributed by atoms with Gasteiger partial charge in [-0.15, -0.1) is 0 Å². The van der Waals surface area contributed by atoms with Crippen LogP contribution in [0.1, 0.15) is 37.8 Å². The summed E-state index contributed by atoms with van der Waals surface area (Å²) < 4.78 is 26.0. The highest BCUT2D eigenvalue weighted by atomic mass is 35.5. The van der Waals surface area contributed by atoms with Crippen LogP contribution >= 0.6 is 11.6 Å². The van der Waals surface area contributed by atoms with E-state index in [0.717, 1.165) is 23.8 Å². The number of benzene rings is 2. The first kappa shape index (κ1) is 26.7. The summed E-state index contributed by atoms with van der Waals surface area (Å²) in [7, 11) is -1.98. The predicted molar refractivity (Wildman–Crippen MR) is 133 cm³/mol. The number of sulfonamides is 1. The van der Waals surface area contributed by atoms with Crippen molar-refractivity contribution < 1.29 is 18.0 Å². The third-order valence-electron chi connectivity index (χ3n) is 5.46. The molecule has 0 heterocycles. The van der Waals surface area contributed by atoms with Gasteiger partial charge in [-0.05, 0) is 55.2 Å². The van der Waals surface area contributed by atoms with Gasteiger partial charge in [0, 0.05) is 31.6 Å². The lowest BCUT2D eigenvalue weighted by Gasteiger charge is -2.29. The van der Waals surface area contributed by atoms with Crippen molar-refractivity contribution in [3.05, 3.63) is 64.7 Å². The average molecular weight is 494 g/mol. The molecule has 0 saturated heterocycles. The number of rotatable bonds is 11. The second-order valence-corrected chi connectivity index (χ2v) is 10.2. The first-order valence-corrected chi connectivity index (χ1v) is 13.1. The monoisotopic (exact) mass is 493 g/mol. The summed E-state index contributed by atoms with van der Waals surface area (Å²) in [6.07, 6.45) is 2.44. The average Bonchev–Trinajstić information content (AvgIpc) is 2.79. The van der Waals surface area contributed by atoms with E-state index in [1.165, 1.54) is 16.3 Å². The molecular formula is C24H32ClN3O4S. The van der Waals surface area contributed by atoms with E-state index in [9.17, 15) is 18.0 Å². The van der Waals surface area contributed by atoms with E-state index in [1.54, 1.807) is 31.2 Å². The van der Waals surface area contributed by atoms with Gasteiger partial charge in [0.1, 0.15) is 6.04 Å². The van der Waals surface area contributed by atoms with E-state index in [0.29, 0.717) is 17.1 Å². The van der Waals surface area contributed by atoms with Crippen LogP contribution in [0.15, 0.2) is 48.5 Å². The number of hydrogen-bond donors (Lipinski definition) is 1. The molecule has 7 nitrogen and oxygen atoms in total. The van der Waals surface area contributed by atoms with Crippen molar-refractivity contribution in [1.82, 2.24) is 10.2 Å². The maximum atomic E-state index is 13.1. The van der Waals surface area contributed by atoms with Gasteiger partial charge in [0.15, 0.2) is 0 Å². The number of hydrogen-bond acceptors (Lipinski definition) is 4. The van der Waals surface area contributed by atoms with E-state index in [4.69, 9.17) is 11.6 Å². The third-order valence-corrected chi connectivity index (χ3v) is 6.91. The van der Waals surface area contributed by atoms with E-state index in [2.05, 4.69) is 5.32 Å². The Morgan fingerprint density at radius 1 is 1.03 bits per heavy atom. The van der Waals surface area contributed by atoms with Gasteiger partial charge in [0.2, 0.25) is 21.8 Å². The first-order chi connectivity index (χ1) is 15.6. The Kier molecular flexibility index (Phi) is 9.73. The molecule has 0 spiro atoms. The molecule has 2 amide bonds. The molecule has 9 heteroatoms. The molecule has 0 aliphatic heterocycles. The van der Waals surface area contributed by atoms with Gasteiger partial charge in [-0.2, -0.15) is 0 Å². The van der Waals surface area contributed by atoms with Crippen LogP contribution in [0.4, 0.5) is 5.69 Å². The molecular weight excluding hydrogens is 462 g/mol. The predicted octanol–water partition coefficient (Wildman–Crippen LogP) is 3.61. The van der Waals surface area contributed by atoms with E-state index in [-0.39, 0.29) is 31.3 Å². The summed E-state index contributed by atoms with van der Waals surface area (Å²) in [5.74, 6) is -0.498. The number of aryl methyl sites for hydroxylation is 1. The van der Waals surface area contributed by atoms with Gasteiger partial charge in [-0.1, -0.05) is 42.8 Å². The highest BCUT2D eigenvalue weighted by Gasteiger charge is 2.26. The van der Waals surface area contributed by atoms with Crippen molar-refractivity contribution in [3.63, 3.8) is 0 Å². The molecule has 2 aromatic rings. The molecule has 2 aromatic carbocycles. The lowest BCUT2D eigenvalue weighted by atomic mass is 10.1. The van der Waals surface area contributed by atoms with Crippen LogP contribution in [0.5, 0.6) is 0 Å². The van der Waals surface area contributed by atoms with Crippen molar-refractivity contribution in [2.75, 3.05) is 24.2 Å². The van der Waals surface area contributed by atoms with Gasteiger partial charge >= 0.3 is 0 Å². The maximum Gasteiger partial charge on any atom is 0.242 e. The molecule has 1 N–H and O–H groups in total. The first-order valence-electron chi connectivity index (χ1n) is 10.9. The molecule has 0 fully saturated rings. The number of halogens is 1. The number of anilines is 1. The minimum Gasteiger partial charge on any atom is -0.357 e. The summed E-state index contributed by atoms with van der Waals surface area (Å²) in [5, 5.41) is 3.17. The van der Waals surface area contributed by atoms with Crippen LogP contribution in [0.2, 0.25) is 5.02 Å². The summed E-state index contributed by atoms with van der Waals surface area (Å²) in [5.41, 5.74) is 2.53. The lowest BCUT2D eigenvalue weighted by molar-refractivity contribution is -0.140. The molecule has 180 valence electrons. The quantitative estimate of drug-likeness (QED) is 0.518. The summed E-state index contributed by atoms with van der Waals surface area (Å²) in [4.78, 5) is 26.8. The van der Waals surface area contributed by atoms with Crippen LogP contribution in [0.25, 0.3) is 0 Å². The number of nitrogens with one attached hydrogen (secondary N) is 1. The number of carbonyl (C=O) groups excluding carboxylic acids is 2. The van der Waals surface area contributed by atoms with Gasteiger partial charge < -0.3 is 10.2 Å². The molecule has 0 aliphatic rings. The molecule has 33 heavy (non-hydrogen) atoms. The maximum absolute atomic E-state index is 13.1. The van der Waals surface area contributed by atoms with Crippen molar-refractivity contribution in [2.45, 2.75) is 45.7 Å². The van der Waals surface area contributed by atoms with Crippen molar-refractivity contribution in [2.24, 2.45) is 0 Å². The molecule has 2 rings (SSSR count). The van der Waals surface area contributed by atoms with Gasteiger partial charge in [-0.3, -0.25) is 13.9 Å². The van der Waals surface area contributed by atoms with Crippen LogP contribution in [-0.4, -0.2) is 51.0 Å². The zero-order chi connectivity index (χ0) is 24.6. The smallest absolute Gasteiger partial charge is 0.242 e. The fourth-order valence-electron chi connectivity index (χ4n) is 3.48. The SMILES string of the molecule is CCc1ccc(N(CCCC(=O)N(Cc2ccc(Cl)cc2)C(C)C(=O)NC)S(C)(=O)=O)cc1. The number of carbonyl (C=O) groups is 2. The largest absolute Gasteiger partial charge is 0.357 e. The number of likely N-dealkylation sites (N-methyl/N-ethyl adjacent to an activating group) is 1. The molecule has 0 aliphatic carbocycles. The molecule has 0 radical (unpaired) electrons. The van der Waals surface area contributed by atoms with Gasteiger partial charge in [0.05, 0.1) is 11.9 Å². The van der Waals surface area contributed by atoms with Crippen LogP contribution in [0, 0.1) is 0 Å². The van der Waals surface area contributed by atoms with Gasteiger partial charge in [0.25, 0.3) is 0 Å². The third kappa shape index (κ3) is 7.75.